The molecule has 4 rings (SSSR count). The fourth-order valence-corrected chi connectivity index (χ4v) is 3.70. The SMILES string of the molecule is CC(=O)c1ccccc1-c1cccc2c1c(=O)cc(C)c1ccccc12. The van der Waals surface area contributed by atoms with Gasteiger partial charge in [0.25, 0.3) is 0 Å². The van der Waals surface area contributed by atoms with Crippen LogP contribution in [-0.2, 0) is 0 Å². The number of carbonyl (C=O) groups excluding carboxylic acids is 1. The van der Waals surface area contributed by atoms with Crippen molar-refractivity contribution in [2.75, 3.05) is 0 Å². The van der Waals surface area contributed by atoms with Crippen LogP contribution in [0.1, 0.15) is 22.8 Å². The van der Waals surface area contributed by atoms with Crippen molar-refractivity contribution < 1.29 is 4.79 Å². The van der Waals surface area contributed by atoms with E-state index < -0.39 is 0 Å². The molecule has 0 aliphatic rings. The second kappa shape index (κ2) is 6.23. The summed E-state index contributed by atoms with van der Waals surface area (Å²) in [5.41, 5.74) is 3.16. The van der Waals surface area contributed by atoms with Crippen molar-refractivity contribution in [3.05, 3.63) is 94.1 Å². The lowest BCUT2D eigenvalue weighted by Crippen LogP contribution is -2.01. The second-order valence-corrected chi connectivity index (χ2v) is 6.57. The van der Waals surface area contributed by atoms with E-state index in [0.717, 1.165) is 32.8 Å². The van der Waals surface area contributed by atoms with Gasteiger partial charge in [0.15, 0.2) is 11.2 Å². The lowest BCUT2D eigenvalue weighted by atomic mass is 9.93. The molecule has 0 N–H and O–H groups in total. The highest BCUT2D eigenvalue weighted by atomic mass is 16.1. The summed E-state index contributed by atoms with van der Waals surface area (Å²) in [5.74, 6) is -0.00797. The summed E-state index contributed by atoms with van der Waals surface area (Å²) in [6.07, 6.45) is 0. The first kappa shape index (κ1) is 16.2. The highest BCUT2D eigenvalue weighted by Gasteiger charge is 2.14. The van der Waals surface area contributed by atoms with Gasteiger partial charge in [0.2, 0.25) is 0 Å². The Hall–Kier alpha value is -3.26. The van der Waals surface area contributed by atoms with E-state index in [0.29, 0.717) is 10.9 Å². The molecule has 0 atom stereocenters. The topological polar surface area (TPSA) is 34.1 Å². The van der Waals surface area contributed by atoms with Crippen molar-refractivity contribution in [1.82, 2.24) is 0 Å². The number of rotatable bonds is 2. The molecule has 26 heavy (non-hydrogen) atoms. The minimum Gasteiger partial charge on any atom is -0.294 e. The highest BCUT2D eigenvalue weighted by molar-refractivity contribution is 6.13. The van der Waals surface area contributed by atoms with Crippen molar-refractivity contribution in [2.24, 2.45) is 0 Å². The van der Waals surface area contributed by atoms with Gasteiger partial charge in [0, 0.05) is 10.9 Å². The van der Waals surface area contributed by atoms with Crippen molar-refractivity contribution in [2.45, 2.75) is 13.8 Å². The van der Waals surface area contributed by atoms with Crippen LogP contribution in [0.5, 0.6) is 0 Å². The predicted molar refractivity (Wildman–Crippen MR) is 108 cm³/mol. The molecular formula is C24H18O2. The molecule has 0 aliphatic heterocycles. The standard InChI is InChI=1S/C24H18O2/c1-15-14-23(26)24-21(19-10-5-3-8-17(15)19)12-7-13-22(24)20-11-6-4-9-18(20)16(2)25/h3-14H,1-2H3. The molecule has 2 nitrogen and oxygen atoms in total. The van der Waals surface area contributed by atoms with Crippen molar-refractivity contribution >= 4 is 27.3 Å². The average molecular weight is 338 g/mol. The van der Waals surface area contributed by atoms with E-state index in [-0.39, 0.29) is 11.2 Å². The van der Waals surface area contributed by atoms with Gasteiger partial charge >= 0.3 is 0 Å². The highest BCUT2D eigenvalue weighted by Crippen LogP contribution is 2.32. The lowest BCUT2D eigenvalue weighted by Gasteiger charge is -2.09. The van der Waals surface area contributed by atoms with E-state index in [1.54, 1.807) is 13.0 Å². The third kappa shape index (κ3) is 2.51. The molecule has 0 fully saturated rings. The van der Waals surface area contributed by atoms with Gasteiger partial charge in [-0.2, -0.15) is 0 Å². The number of aryl methyl sites for hydroxylation is 1. The molecule has 0 aliphatic carbocycles. The molecule has 0 aromatic heterocycles. The Morgan fingerprint density at radius 2 is 1.35 bits per heavy atom. The molecular weight excluding hydrogens is 320 g/mol. The molecule has 4 aromatic carbocycles. The summed E-state index contributed by atoms with van der Waals surface area (Å²) in [5, 5.41) is 3.68. The molecule has 0 saturated heterocycles. The molecule has 126 valence electrons. The van der Waals surface area contributed by atoms with Crippen molar-refractivity contribution in [1.29, 1.82) is 0 Å². The van der Waals surface area contributed by atoms with Crippen molar-refractivity contribution in [3.8, 4) is 11.1 Å². The van der Waals surface area contributed by atoms with Crippen LogP contribution < -0.4 is 5.43 Å². The van der Waals surface area contributed by atoms with Gasteiger partial charge in [-0.15, -0.1) is 0 Å². The zero-order valence-electron chi connectivity index (χ0n) is 14.7. The Balaban J connectivity index is 2.25. The molecule has 0 bridgehead atoms. The summed E-state index contributed by atoms with van der Waals surface area (Å²) < 4.78 is 0. The van der Waals surface area contributed by atoms with Crippen LogP contribution in [0, 0.1) is 6.92 Å². The van der Waals surface area contributed by atoms with E-state index in [1.165, 1.54) is 0 Å². The summed E-state index contributed by atoms with van der Waals surface area (Å²) in [4.78, 5) is 25.2. The smallest absolute Gasteiger partial charge is 0.187 e. The molecule has 0 saturated carbocycles. The van der Waals surface area contributed by atoms with E-state index >= 15 is 0 Å². The van der Waals surface area contributed by atoms with Gasteiger partial charge in [-0.05, 0) is 52.8 Å². The molecule has 0 spiro atoms. The van der Waals surface area contributed by atoms with E-state index in [1.807, 2.05) is 73.7 Å². The number of hydrogen-bond donors (Lipinski definition) is 0. The Morgan fingerprint density at radius 1 is 0.731 bits per heavy atom. The molecule has 0 heterocycles. The Bertz CT molecular complexity index is 1240. The van der Waals surface area contributed by atoms with E-state index in [4.69, 9.17) is 0 Å². The second-order valence-electron chi connectivity index (χ2n) is 6.57. The summed E-state index contributed by atoms with van der Waals surface area (Å²) in [6, 6.07) is 23.1. The minimum atomic E-state index is -0.0253. The average Bonchev–Trinajstić information content (AvgIpc) is 2.77. The predicted octanol–water partition coefficient (Wildman–Crippen LogP) is 5.53. The lowest BCUT2D eigenvalue weighted by molar-refractivity contribution is 0.101. The molecule has 0 unspecified atom stereocenters. The van der Waals surface area contributed by atoms with E-state index in [2.05, 4.69) is 0 Å². The molecule has 0 radical (unpaired) electrons. The zero-order valence-corrected chi connectivity index (χ0v) is 14.7. The Morgan fingerprint density at radius 3 is 2.12 bits per heavy atom. The first-order valence-electron chi connectivity index (χ1n) is 8.63. The number of carbonyl (C=O) groups is 1. The molecule has 0 amide bonds. The zero-order chi connectivity index (χ0) is 18.3. The van der Waals surface area contributed by atoms with Gasteiger partial charge in [0.05, 0.1) is 0 Å². The summed E-state index contributed by atoms with van der Waals surface area (Å²) >= 11 is 0. The quantitative estimate of drug-likeness (QED) is 0.450. The molecule has 4 aromatic rings. The van der Waals surface area contributed by atoms with Gasteiger partial charge in [-0.3, -0.25) is 9.59 Å². The van der Waals surface area contributed by atoms with Gasteiger partial charge < -0.3 is 0 Å². The fraction of sp³-hybridized carbons (Fsp3) is 0.0833. The first-order valence-corrected chi connectivity index (χ1v) is 8.63. The number of benzene rings is 3. The van der Waals surface area contributed by atoms with Crippen LogP contribution in [0.3, 0.4) is 0 Å². The number of fused-ring (bicyclic) bond motifs is 3. The maximum absolute atomic E-state index is 13.1. The third-order valence-electron chi connectivity index (χ3n) is 4.90. The van der Waals surface area contributed by atoms with Crippen LogP contribution in [0.2, 0.25) is 0 Å². The number of ketones is 1. The van der Waals surface area contributed by atoms with Crippen molar-refractivity contribution in [3.63, 3.8) is 0 Å². The Kier molecular flexibility index (Phi) is 3.89. The van der Waals surface area contributed by atoms with Crippen LogP contribution in [-0.4, -0.2) is 5.78 Å². The number of Topliss-reactive ketones (excluding diaryl/α,β-unsaturated/α-hetero) is 1. The van der Waals surface area contributed by atoms with Gasteiger partial charge in [-0.25, -0.2) is 0 Å². The van der Waals surface area contributed by atoms with Crippen LogP contribution in [0.15, 0.2) is 77.6 Å². The number of hydrogen-bond acceptors (Lipinski definition) is 2. The first-order chi connectivity index (χ1) is 12.6. The maximum atomic E-state index is 13.1. The molecule has 2 heteroatoms. The van der Waals surface area contributed by atoms with Crippen LogP contribution in [0.25, 0.3) is 32.7 Å². The van der Waals surface area contributed by atoms with Crippen LogP contribution >= 0.6 is 0 Å². The maximum Gasteiger partial charge on any atom is 0.187 e. The minimum absolute atomic E-state index is 0.00797. The third-order valence-corrected chi connectivity index (χ3v) is 4.90. The van der Waals surface area contributed by atoms with Crippen LogP contribution in [0.4, 0.5) is 0 Å². The van der Waals surface area contributed by atoms with E-state index in [9.17, 15) is 9.59 Å². The normalized spacial score (nSPS) is 11.0. The Labute approximate surface area is 151 Å². The largest absolute Gasteiger partial charge is 0.294 e. The fourth-order valence-electron chi connectivity index (χ4n) is 3.70. The summed E-state index contributed by atoms with van der Waals surface area (Å²) in [7, 11) is 0. The van der Waals surface area contributed by atoms with Gasteiger partial charge in [-0.1, -0.05) is 66.7 Å². The van der Waals surface area contributed by atoms with Gasteiger partial charge in [0.1, 0.15) is 0 Å². The summed E-state index contributed by atoms with van der Waals surface area (Å²) in [6.45, 7) is 3.52. The monoisotopic (exact) mass is 338 g/mol.